The average molecular weight is 320 g/mol. The number of anilines is 2. The van der Waals surface area contributed by atoms with Crippen LogP contribution in [0.5, 0.6) is 11.5 Å². The smallest absolute Gasteiger partial charge is 0.162 e. The van der Waals surface area contributed by atoms with Crippen LogP contribution in [0.25, 0.3) is 0 Å². The van der Waals surface area contributed by atoms with Gasteiger partial charge in [0.05, 0.1) is 13.7 Å². The molecular weight excluding hydrogens is 302 g/mol. The SMILES string of the molecule is CCOc1ccc(Nc2cc(Cl)nc(C3CC3)n2)cc1OC. The lowest BCUT2D eigenvalue weighted by Crippen LogP contribution is -2.00. The first-order valence-corrected chi connectivity index (χ1v) is 7.69. The van der Waals surface area contributed by atoms with Gasteiger partial charge in [-0.2, -0.15) is 0 Å². The number of methoxy groups -OCH3 is 1. The van der Waals surface area contributed by atoms with Crippen molar-refractivity contribution in [2.75, 3.05) is 19.0 Å². The molecule has 0 saturated heterocycles. The number of aromatic nitrogens is 2. The second kappa shape index (κ2) is 6.40. The van der Waals surface area contributed by atoms with Crippen LogP contribution >= 0.6 is 11.6 Å². The highest BCUT2D eigenvalue weighted by molar-refractivity contribution is 6.29. The number of hydrogen-bond acceptors (Lipinski definition) is 5. The summed E-state index contributed by atoms with van der Waals surface area (Å²) in [4.78, 5) is 8.81. The maximum Gasteiger partial charge on any atom is 0.162 e. The molecule has 22 heavy (non-hydrogen) atoms. The predicted octanol–water partition coefficient (Wildman–Crippen LogP) is 4.16. The molecule has 0 spiro atoms. The van der Waals surface area contributed by atoms with Crippen LogP contribution < -0.4 is 14.8 Å². The van der Waals surface area contributed by atoms with E-state index >= 15 is 0 Å². The van der Waals surface area contributed by atoms with Crippen molar-refractivity contribution in [3.63, 3.8) is 0 Å². The van der Waals surface area contributed by atoms with Gasteiger partial charge in [0.25, 0.3) is 0 Å². The van der Waals surface area contributed by atoms with Crippen LogP contribution in [0, 0.1) is 0 Å². The Hall–Kier alpha value is -2.01. The third-order valence-electron chi connectivity index (χ3n) is 3.39. The highest BCUT2D eigenvalue weighted by Crippen LogP contribution is 2.39. The molecule has 1 heterocycles. The van der Waals surface area contributed by atoms with Gasteiger partial charge in [-0.15, -0.1) is 0 Å². The number of ether oxygens (including phenoxy) is 2. The molecule has 2 aromatic rings. The maximum atomic E-state index is 6.08. The van der Waals surface area contributed by atoms with E-state index in [1.54, 1.807) is 13.2 Å². The summed E-state index contributed by atoms with van der Waals surface area (Å²) < 4.78 is 10.9. The van der Waals surface area contributed by atoms with Gasteiger partial charge in [-0.1, -0.05) is 11.6 Å². The van der Waals surface area contributed by atoms with Crippen LogP contribution in [0.2, 0.25) is 5.15 Å². The second-order valence-electron chi connectivity index (χ2n) is 5.13. The van der Waals surface area contributed by atoms with Crippen molar-refractivity contribution in [2.45, 2.75) is 25.7 Å². The molecule has 116 valence electrons. The van der Waals surface area contributed by atoms with E-state index in [9.17, 15) is 0 Å². The van der Waals surface area contributed by atoms with E-state index in [2.05, 4.69) is 15.3 Å². The standard InChI is InChI=1S/C16H18ClN3O2/c1-3-22-12-7-6-11(8-13(12)21-2)18-15-9-14(17)19-16(20-15)10-4-5-10/h6-10H,3-5H2,1-2H3,(H,18,19,20). The molecule has 1 N–H and O–H groups in total. The number of hydrogen-bond donors (Lipinski definition) is 1. The lowest BCUT2D eigenvalue weighted by molar-refractivity contribution is 0.311. The Bertz CT molecular complexity index is 674. The van der Waals surface area contributed by atoms with Crippen molar-refractivity contribution in [2.24, 2.45) is 0 Å². The minimum atomic E-state index is 0.453. The van der Waals surface area contributed by atoms with E-state index in [1.807, 2.05) is 25.1 Å². The topological polar surface area (TPSA) is 56.3 Å². The van der Waals surface area contributed by atoms with Gasteiger partial charge >= 0.3 is 0 Å². The fourth-order valence-corrected chi connectivity index (χ4v) is 2.38. The lowest BCUT2D eigenvalue weighted by atomic mass is 10.2. The Morgan fingerprint density at radius 1 is 1.23 bits per heavy atom. The van der Waals surface area contributed by atoms with Gasteiger partial charge in [-0.25, -0.2) is 9.97 Å². The van der Waals surface area contributed by atoms with E-state index < -0.39 is 0 Å². The molecule has 0 radical (unpaired) electrons. The second-order valence-corrected chi connectivity index (χ2v) is 5.52. The van der Waals surface area contributed by atoms with Crippen LogP contribution in [0.15, 0.2) is 24.3 Å². The van der Waals surface area contributed by atoms with Crippen LogP contribution in [-0.4, -0.2) is 23.7 Å². The van der Waals surface area contributed by atoms with Crippen molar-refractivity contribution < 1.29 is 9.47 Å². The van der Waals surface area contributed by atoms with Gasteiger partial charge in [0.1, 0.15) is 16.8 Å². The highest BCUT2D eigenvalue weighted by atomic mass is 35.5. The van der Waals surface area contributed by atoms with Gasteiger partial charge in [0.15, 0.2) is 11.5 Å². The molecule has 1 fully saturated rings. The van der Waals surface area contributed by atoms with E-state index in [0.29, 0.717) is 29.2 Å². The minimum Gasteiger partial charge on any atom is -0.493 e. The molecule has 0 bridgehead atoms. The quantitative estimate of drug-likeness (QED) is 0.810. The summed E-state index contributed by atoms with van der Waals surface area (Å²) in [7, 11) is 1.62. The zero-order valence-electron chi connectivity index (χ0n) is 12.6. The summed E-state index contributed by atoms with van der Waals surface area (Å²) in [6, 6.07) is 7.38. The van der Waals surface area contributed by atoms with E-state index in [4.69, 9.17) is 21.1 Å². The van der Waals surface area contributed by atoms with Gasteiger partial charge in [0, 0.05) is 23.7 Å². The fraction of sp³-hybridized carbons (Fsp3) is 0.375. The minimum absolute atomic E-state index is 0.453. The zero-order valence-corrected chi connectivity index (χ0v) is 13.4. The summed E-state index contributed by atoms with van der Waals surface area (Å²) in [6.07, 6.45) is 2.27. The van der Waals surface area contributed by atoms with Crippen molar-refractivity contribution in [3.05, 3.63) is 35.2 Å². The fourth-order valence-electron chi connectivity index (χ4n) is 2.19. The Morgan fingerprint density at radius 3 is 2.73 bits per heavy atom. The molecule has 0 unspecified atom stereocenters. The lowest BCUT2D eigenvalue weighted by Gasteiger charge is -2.12. The normalized spacial score (nSPS) is 13.8. The van der Waals surface area contributed by atoms with Crippen molar-refractivity contribution in [1.82, 2.24) is 9.97 Å². The molecule has 1 aliphatic carbocycles. The highest BCUT2D eigenvalue weighted by Gasteiger charge is 2.27. The van der Waals surface area contributed by atoms with E-state index in [1.165, 1.54) is 0 Å². The van der Waals surface area contributed by atoms with Crippen LogP contribution in [0.3, 0.4) is 0 Å². The van der Waals surface area contributed by atoms with Gasteiger partial charge in [-0.05, 0) is 31.9 Å². The largest absolute Gasteiger partial charge is 0.493 e. The first-order valence-electron chi connectivity index (χ1n) is 7.32. The summed E-state index contributed by atoms with van der Waals surface area (Å²) in [6.45, 7) is 2.53. The van der Waals surface area contributed by atoms with Crippen LogP contribution in [0.4, 0.5) is 11.5 Å². The number of nitrogens with one attached hydrogen (secondary N) is 1. The first-order chi connectivity index (χ1) is 10.7. The molecule has 1 saturated carbocycles. The van der Waals surface area contributed by atoms with Gasteiger partial charge in [-0.3, -0.25) is 0 Å². The van der Waals surface area contributed by atoms with E-state index in [0.717, 1.165) is 30.1 Å². The number of halogens is 1. The molecule has 1 aliphatic rings. The maximum absolute atomic E-state index is 6.08. The predicted molar refractivity (Wildman–Crippen MR) is 86.5 cm³/mol. The number of rotatable bonds is 6. The summed E-state index contributed by atoms with van der Waals surface area (Å²) in [5.74, 6) is 3.35. The Kier molecular flexibility index (Phi) is 4.34. The average Bonchev–Trinajstić information content (AvgIpc) is 3.33. The molecule has 3 rings (SSSR count). The van der Waals surface area contributed by atoms with Gasteiger partial charge < -0.3 is 14.8 Å². The number of nitrogens with zero attached hydrogens (tertiary/aromatic N) is 2. The Labute approximate surface area is 134 Å². The summed E-state index contributed by atoms with van der Waals surface area (Å²) in [5, 5.41) is 3.70. The van der Waals surface area contributed by atoms with Gasteiger partial charge in [0.2, 0.25) is 0 Å². The van der Waals surface area contributed by atoms with Crippen LogP contribution in [0.1, 0.15) is 31.5 Å². The van der Waals surface area contributed by atoms with Crippen molar-refractivity contribution in [3.8, 4) is 11.5 Å². The van der Waals surface area contributed by atoms with Crippen molar-refractivity contribution >= 4 is 23.1 Å². The van der Waals surface area contributed by atoms with Crippen LogP contribution in [-0.2, 0) is 0 Å². The third kappa shape index (κ3) is 3.42. The molecule has 0 amide bonds. The molecule has 1 aromatic carbocycles. The molecule has 0 aliphatic heterocycles. The summed E-state index contributed by atoms with van der Waals surface area (Å²) in [5.41, 5.74) is 0.858. The molecule has 1 aromatic heterocycles. The summed E-state index contributed by atoms with van der Waals surface area (Å²) >= 11 is 6.08. The molecule has 0 atom stereocenters. The Balaban J connectivity index is 1.83. The molecule has 5 nitrogen and oxygen atoms in total. The number of benzene rings is 1. The Morgan fingerprint density at radius 2 is 2.05 bits per heavy atom. The van der Waals surface area contributed by atoms with Crippen molar-refractivity contribution in [1.29, 1.82) is 0 Å². The monoisotopic (exact) mass is 319 g/mol. The first kappa shape index (κ1) is 14.9. The zero-order chi connectivity index (χ0) is 15.5. The van der Waals surface area contributed by atoms with E-state index in [-0.39, 0.29) is 0 Å². The molecular formula is C16H18ClN3O2. The molecule has 6 heteroatoms. The third-order valence-corrected chi connectivity index (χ3v) is 3.58.